The van der Waals surface area contributed by atoms with E-state index >= 15 is 0 Å². The van der Waals surface area contributed by atoms with E-state index in [4.69, 9.17) is 16.3 Å². The van der Waals surface area contributed by atoms with Gasteiger partial charge in [-0.05, 0) is 35.2 Å². The molecule has 0 unspecified atom stereocenters. The average Bonchev–Trinajstić information content (AvgIpc) is 2.78. The minimum Gasteiger partial charge on any atom is -0.495 e. The van der Waals surface area contributed by atoms with E-state index in [2.05, 4.69) is 24.1 Å². The first-order chi connectivity index (χ1) is 15.7. The second kappa shape index (κ2) is 8.86. The van der Waals surface area contributed by atoms with Gasteiger partial charge in [-0.25, -0.2) is 4.98 Å². The van der Waals surface area contributed by atoms with Gasteiger partial charge in [0.15, 0.2) is 0 Å². The van der Waals surface area contributed by atoms with Crippen molar-refractivity contribution in [3.05, 3.63) is 69.1 Å². The number of rotatable bonds is 6. The van der Waals surface area contributed by atoms with E-state index < -0.39 is 11.5 Å². The molecular formula is C24H25ClN4O4. The summed E-state index contributed by atoms with van der Waals surface area (Å²) in [6.45, 7) is 5.45. The van der Waals surface area contributed by atoms with Gasteiger partial charge in [0.1, 0.15) is 23.5 Å². The van der Waals surface area contributed by atoms with Gasteiger partial charge in [-0.3, -0.25) is 19.0 Å². The molecule has 2 aromatic heterocycles. The van der Waals surface area contributed by atoms with Crippen LogP contribution in [-0.2, 0) is 17.9 Å². The number of carbonyl (C=O) groups is 2. The smallest absolute Gasteiger partial charge is 0.265 e. The van der Waals surface area contributed by atoms with Crippen LogP contribution < -0.4 is 15.6 Å². The fourth-order valence-electron chi connectivity index (χ4n) is 3.94. The zero-order valence-electron chi connectivity index (χ0n) is 18.7. The highest BCUT2D eigenvalue weighted by molar-refractivity contribution is 6.30. The molecule has 0 aliphatic carbocycles. The van der Waals surface area contributed by atoms with E-state index in [0.29, 0.717) is 34.9 Å². The molecule has 2 amide bonds. The first kappa shape index (κ1) is 22.8. The number of aromatic nitrogens is 2. The maximum Gasteiger partial charge on any atom is 0.265 e. The fourth-order valence-corrected chi connectivity index (χ4v) is 4.07. The predicted molar refractivity (Wildman–Crippen MR) is 126 cm³/mol. The van der Waals surface area contributed by atoms with Gasteiger partial charge in [0.05, 0.1) is 13.3 Å². The monoisotopic (exact) mass is 468 g/mol. The number of halogens is 1. The van der Waals surface area contributed by atoms with Gasteiger partial charge in [0.25, 0.3) is 11.5 Å². The van der Waals surface area contributed by atoms with Crippen molar-refractivity contribution >= 4 is 34.4 Å². The van der Waals surface area contributed by atoms with Gasteiger partial charge in [0, 0.05) is 30.0 Å². The number of nitrogens with one attached hydrogen (secondary N) is 1. The van der Waals surface area contributed by atoms with Crippen molar-refractivity contribution in [2.45, 2.75) is 26.9 Å². The molecule has 1 aliphatic rings. The summed E-state index contributed by atoms with van der Waals surface area (Å²) in [4.78, 5) is 45.0. The molecule has 1 N–H and O–H groups in total. The highest BCUT2D eigenvalue weighted by Gasteiger charge is 2.37. The lowest BCUT2D eigenvalue weighted by Crippen LogP contribution is -2.56. The van der Waals surface area contributed by atoms with Crippen molar-refractivity contribution in [1.29, 1.82) is 0 Å². The number of methoxy groups -OCH3 is 1. The molecule has 0 spiro atoms. The quantitative estimate of drug-likeness (QED) is 0.600. The van der Waals surface area contributed by atoms with E-state index in [1.54, 1.807) is 35.2 Å². The van der Waals surface area contributed by atoms with E-state index in [1.165, 1.54) is 23.9 Å². The average molecular weight is 469 g/mol. The summed E-state index contributed by atoms with van der Waals surface area (Å²) in [5.74, 6) is -0.240. The van der Waals surface area contributed by atoms with Gasteiger partial charge in [0.2, 0.25) is 5.91 Å². The van der Waals surface area contributed by atoms with Crippen molar-refractivity contribution < 1.29 is 14.3 Å². The van der Waals surface area contributed by atoms with E-state index in [-0.39, 0.29) is 30.0 Å². The molecule has 0 saturated carbocycles. The maximum absolute atomic E-state index is 13.3. The molecular weight excluding hydrogens is 444 g/mol. The third-order valence-electron chi connectivity index (χ3n) is 5.63. The van der Waals surface area contributed by atoms with Gasteiger partial charge >= 0.3 is 0 Å². The number of hydrogen-bond donors (Lipinski definition) is 1. The standard InChI is InChI=1S/C24H25ClN4O4/c1-24(2)13-28(14-24)20(30)12-29-21-16(8-18(33-3)11-26-21)9-19(23(29)32)22(31)27-10-15-4-6-17(25)7-5-15/h4-9,11H,10,12-14H2,1-3H3,(H,27,31). The number of amides is 2. The minimum absolute atomic E-state index is 0.0664. The molecule has 9 heteroatoms. The minimum atomic E-state index is -0.568. The second-order valence-electron chi connectivity index (χ2n) is 8.96. The molecule has 4 rings (SSSR count). The van der Waals surface area contributed by atoms with Crippen LogP contribution in [0.5, 0.6) is 5.75 Å². The Morgan fingerprint density at radius 2 is 1.88 bits per heavy atom. The zero-order chi connectivity index (χ0) is 23.8. The van der Waals surface area contributed by atoms with Crippen LogP contribution in [-0.4, -0.2) is 46.5 Å². The molecule has 8 nitrogen and oxygen atoms in total. The number of hydrogen-bond acceptors (Lipinski definition) is 5. The zero-order valence-corrected chi connectivity index (χ0v) is 19.5. The highest BCUT2D eigenvalue weighted by atomic mass is 35.5. The van der Waals surface area contributed by atoms with E-state index in [9.17, 15) is 14.4 Å². The van der Waals surface area contributed by atoms with Gasteiger partial charge in [-0.15, -0.1) is 0 Å². The number of carbonyl (C=O) groups excluding carboxylic acids is 2. The Morgan fingerprint density at radius 3 is 2.52 bits per heavy atom. The van der Waals surface area contributed by atoms with Gasteiger partial charge in [-0.2, -0.15) is 0 Å². The van der Waals surface area contributed by atoms with Crippen molar-refractivity contribution in [1.82, 2.24) is 19.8 Å². The van der Waals surface area contributed by atoms with Crippen molar-refractivity contribution in [3.8, 4) is 5.75 Å². The number of likely N-dealkylation sites (tertiary alicyclic amines) is 1. The van der Waals surface area contributed by atoms with Gasteiger partial charge < -0.3 is 15.0 Å². The van der Waals surface area contributed by atoms with Crippen molar-refractivity contribution in [3.63, 3.8) is 0 Å². The lowest BCUT2D eigenvalue weighted by molar-refractivity contribution is -0.142. The summed E-state index contributed by atoms with van der Waals surface area (Å²) >= 11 is 5.90. The van der Waals surface area contributed by atoms with E-state index in [1.807, 2.05) is 0 Å². The summed E-state index contributed by atoms with van der Waals surface area (Å²) in [7, 11) is 1.51. The summed E-state index contributed by atoms with van der Waals surface area (Å²) in [5, 5.41) is 3.89. The SMILES string of the molecule is COc1cnc2c(c1)cc(C(=O)NCc1ccc(Cl)cc1)c(=O)n2CC(=O)N1CC(C)(C)C1. The fraction of sp³-hybridized carbons (Fsp3) is 0.333. The van der Waals surface area contributed by atoms with Crippen LogP contribution in [0.4, 0.5) is 0 Å². The Hall–Kier alpha value is -3.39. The van der Waals surface area contributed by atoms with Crippen LogP contribution in [0.1, 0.15) is 29.8 Å². The number of ether oxygens (including phenoxy) is 1. The lowest BCUT2D eigenvalue weighted by Gasteiger charge is -2.45. The number of nitrogens with zero attached hydrogens (tertiary/aromatic N) is 3. The first-order valence-corrected chi connectivity index (χ1v) is 10.9. The van der Waals surface area contributed by atoms with Crippen molar-refractivity contribution in [2.75, 3.05) is 20.2 Å². The van der Waals surface area contributed by atoms with Crippen LogP contribution in [0.2, 0.25) is 5.02 Å². The van der Waals surface area contributed by atoms with Crippen LogP contribution >= 0.6 is 11.6 Å². The number of benzene rings is 1. The Kier molecular flexibility index (Phi) is 6.12. The predicted octanol–water partition coefficient (Wildman–Crippen LogP) is 2.86. The lowest BCUT2D eigenvalue weighted by atomic mass is 9.84. The largest absolute Gasteiger partial charge is 0.495 e. The molecule has 3 aromatic rings. The Morgan fingerprint density at radius 1 is 1.18 bits per heavy atom. The topological polar surface area (TPSA) is 93.5 Å². The Bertz CT molecular complexity index is 1280. The molecule has 0 atom stereocenters. The summed E-state index contributed by atoms with van der Waals surface area (Å²) < 4.78 is 6.50. The molecule has 1 aliphatic heterocycles. The maximum atomic E-state index is 13.3. The molecule has 0 radical (unpaired) electrons. The normalized spacial score (nSPS) is 14.6. The molecule has 33 heavy (non-hydrogen) atoms. The summed E-state index contributed by atoms with van der Waals surface area (Å²) in [6.07, 6.45) is 1.48. The van der Waals surface area contributed by atoms with E-state index in [0.717, 1.165) is 5.56 Å². The molecule has 1 aromatic carbocycles. The molecule has 3 heterocycles. The Labute approximate surface area is 196 Å². The summed E-state index contributed by atoms with van der Waals surface area (Å²) in [5.41, 5.74) is 0.596. The highest BCUT2D eigenvalue weighted by Crippen LogP contribution is 2.29. The second-order valence-corrected chi connectivity index (χ2v) is 9.40. The van der Waals surface area contributed by atoms with Crippen molar-refractivity contribution in [2.24, 2.45) is 5.41 Å². The van der Waals surface area contributed by atoms with Crippen LogP contribution in [0, 0.1) is 5.41 Å². The summed E-state index contributed by atoms with van der Waals surface area (Å²) in [6, 6.07) is 10.2. The number of fused-ring (bicyclic) bond motifs is 1. The Balaban J connectivity index is 1.66. The van der Waals surface area contributed by atoms with Gasteiger partial charge in [-0.1, -0.05) is 37.6 Å². The van der Waals surface area contributed by atoms with Crippen LogP contribution in [0.25, 0.3) is 11.0 Å². The molecule has 1 fully saturated rings. The van der Waals surface area contributed by atoms with Crippen LogP contribution in [0.15, 0.2) is 47.4 Å². The molecule has 0 bridgehead atoms. The molecule has 1 saturated heterocycles. The van der Waals surface area contributed by atoms with Crippen LogP contribution in [0.3, 0.4) is 0 Å². The molecule has 172 valence electrons. The number of pyridine rings is 2. The third-order valence-corrected chi connectivity index (χ3v) is 5.88. The first-order valence-electron chi connectivity index (χ1n) is 10.5. The third kappa shape index (κ3) is 4.85.